The number of hydrogen-bond donors (Lipinski definition) is 0. The number of rotatable bonds is 2. The number of oxime groups is 1. The van der Waals surface area contributed by atoms with Crippen LogP contribution in [0.2, 0.25) is 0 Å². The Balaban J connectivity index is 2.38. The zero-order chi connectivity index (χ0) is 8.48. The van der Waals surface area contributed by atoms with Crippen LogP contribution in [0.15, 0.2) is 5.16 Å². The van der Waals surface area contributed by atoms with Crippen molar-refractivity contribution in [1.29, 1.82) is 0 Å². The average molecular weight is 198 g/mol. The summed E-state index contributed by atoms with van der Waals surface area (Å²) < 4.78 is 16.1. The Morgan fingerprint density at radius 1 is 1.82 bits per heavy atom. The first kappa shape index (κ1) is 9.04. The summed E-state index contributed by atoms with van der Waals surface area (Å²) in [5.41, 5.74) is 0. The molecule has 1 aliphatic heterocycles. The summed E-state index contributed by atoms with van der Waals surface area (Å²) in [5, 5.41) is 3.79. The van der Waals surface area contributed by atoms with E-state index in [0.717, 1.165) is 0 Å². The summed E-state index contributed by atoms with van der Waals surface area (Å²) in [5.74, 6) is 0. The van der Waals surface area contributed by atoms with Gasteiger partial charge in [-0.05, 0) is 0 Å². The van der Waals surface area contributed by atoms with Crippen LogP contribution in [-0.4, -0.2) is 24.8 Å². The van der Waals surface area contributed by atoms with Gasteiger partial charge in [-0.15, -0.1) is 0 Å². The lowest BCUT2D eigenvalue weighted by Crippen LogP contribution is -2.09. The highest BCUT2D eigenvalue weighted by Crippen LogP contribution is 2.40. The van der Waals surface area contributed by atoms with Gasteiger partial charge in [0.1, 0.15) is 0 Å². The van der Waals surface area contributed by atoms with Gasteiger partial charge in [-0.1, -0.05) is 16.8 Å². The Labute approximate surface area is 69.9 Å². The lowest BCUT2D eigenvalue weighted by atomic mass is 10.5. The zero-order valence-corrected chi connectivity index (χ0v) is 7.93. The molecule has 1 atom stereocenters. The molecule has 0 fully saturated rings. The van der Waals surface area contributed by atoms with E-state index in [1.165, 1.54) is 13.3 Å². The quantitative estimate of drug-likeness (QED) is 0.635. The molecule has 0 aromatic heterocycles. The van der Waals surface area contributed by atoms with E-state index in [-0.39, 0.29) is 0 Å². The van der Waals surface area contributed by atoms with Crippen molar-refractivity contribution >= 4 is 24.1 Å². The fourth-order valence-corrected chi connectivity index (χ4v) is 1.51. The minimum absolute atomic E-state index is 0.350. The van der Waals surface area contributed by atoms with E-state index in [0.29, 0.717) is 11.6 Å². The molecule has 0 amide bonds. The normalized spacial score (nSPS) is 24.6. The van der Waals surface area contributed by atoms with Crippen LogP contribution in [-0.2, 0) is 13.9 Å². The predicted octanol–water partition coefficient (Wildman–Crippen LogP) is 1.84. The van der Waals surface area contributed by atoms with Gasteiger partial charge < -0.3 is 4.84 Å². The lowest BCUT2D eigenvalue weighted by Gasteiger charge is -2.12. The van der Waals surface area contributed by atoms with E-state index < -0.39 is 13.7 Å². The Kier molecular flexibility index (Phi) is 2.58. The van der Waals surface area contributed by atoms with Crippen molar-refractivity contribution < 1.29 is 13.9 Å². The molecule has 0 aromatic rings. The maximum atomic E-state index is 11.1. The maximum Gasteiger partial charge on any atom is 0.239 e. The molecule has 1 rings (SSSR count). The third-order valence-corrected chi connectivity index (χ3v) is 1.94. The van der Waals surface area contributed by atoms with Gasteiger partial charge >= 0.3 is 0 Å². The summed E-state index contributed by atoms with van der Waals surface area (Å²) in [6.07, 6.45) is -0.184. The topological polar surface area (TPSA) is 47.9 Å². The first-order valence-electron chi connectivity index (χ1n) is 3.09. The summed E-state index contributed by atoms with van der Waals surface area (Å²) in [7, 11) is -2.50. The molecule has 1 unspecified atom stereocenters. The summed E-state index contributed by atoms with van der Waals surface area (Å²) in [6.45, 7) is 3.03. The van der Waals surface area contributed by atoms with Crippen molar-refractivity contribution in [1.82, 2.24) is 0 Å². The van der Waals surface area contributed by atoms with Crippen molar-refractivity contribution in [3.05, 3.63) is 0 Å². The minimum Gasteiger partial charge on any atom is -0.362 e. The van der Waals surface area contributed by atoms with Crippen molar-refractivity contribution in [3.63, 3.8) is 0 Å². The Morgan fingerprint density at radius 2 is 2.45 bits per heavy atom. The Bertz CT molecular complexity index is 224. The van der Waals surface area contributed by atoms with Gasteiger partial charge in [0, 0.05) is 13.3 Å². The second kappa shape index (κ2) is 3.13. The zero-order valence-electron chi connectivity index (χ0n) is 6.28. The minimum atomic E-state index is -2.50. The van der Waals surface area contributed by atoms with E-state index in [1.807, 2.05) is 0 Å². The largest absolute Gasteiger partial charge is 0.362 e. The van der Waals surface area contributed by atoms with E-state index in [1.54, 1.807) is 0 Å². The van der Waals surface area contributed by atoms with Crippen LogP contribution in [0, 0.1) is 0 Å². The van der Waals surface area contributed by atoms with Gasteiger partial charge in [0.2, 0.25) is 6.29 Å². The van der Waals surface area contributed by atoms with Gasteiger partial charge in [-0.2, -0.15) is 0 Å². The van der Waals surface area contributed by atoms with Crippen molar-refractivity contribution in [2.45, 2.75) is 12.7 Å². The van der Waals surface area contributed by atoms with Crippen molar-refractivity contribution in [2.75, 3.05) is 13.3 Å². The van der Waals surface area contributed by atoms with Gasteiger partial charge in [0.15, 0.2) is 12.5 Å². The van der Waals surface area contributed by atoms with Gasteiger partial charge in [0.05, 0.1) is 6.42 Å². The first-order valence-corrected chi connectivity index (χ1v) is 5.99. The summed E-state index contributed by atoms with van der Waals surface area (Å²) >= 11 is 5.49. The summed E-state index contributed by atoms with van der Waals surface area (Å²) in [4.78, 5) is 4.70. The van der Waals surface area contributed by atoms with Gasteiger partial charge in [-0.3, -0.25) is 9.09 Å². The van der Waals surface area contributed by atoms with Crippen molar-refractivity contribution in [3.8, 4) is 0 Å². The molecule has 0 spiro atoms. The lowest BCUT2D eigenvalue weighted by molar-refractivity contribution is -0.0543. The second-order valence-electron chi connectivity index (χ2n) is 2.56. The molecular weight excluding hydrogens is 188 g/mol. The number of halogens is 1. The molecule has 1 aliphatic rings. The van der Waals surface area contributed by atoms with E-state index in [4.69, 9.17) is 21.0 Å². The SMILES string of the molecule is CP(C)(=O)OC1CC(Cl)=NO1. The van der Waals surface area contributed by atoms with Crippen LogP contribution < -0.4 is 0 Å². The molecule has 0 aliphatic carbocycles. The fraction of sp³-hybridized carbons (Fsp3) is 0.800. The molecule has 0 saturated heterocycles. The molecule has 1 heterocycles. The monoisotopic (exact) mass is 197 g/mol. The third kappa shape index (κ3) is 3.23. The number of nitrogens with zero attached hydrogens (tertiary/aromatic N) is 1. The van der Waals surface area contributed by atoms with E-state index in [2.05, 4.69) is 5.16 Å². The van der Waals surface area contributed by atoms with E-state index in [9.17, 15) is 4.57 Å². The fourth-order valence-electron chi connectivity index (χ4n) is 0.668. The predicted molar refractivity (Wildman–Crippen MR) is 43.3 cm³/mol. The number of hydrogen-bond acceptors (Lipinski definition) is 4. The standard InChI is InChI=1S/C5H9ClNO3P/c1-11(2,8)10-5-3-4(6)7-9-5/h5H,3H2,1-2H3. The average Bonchev–Trinajstić information content (AvgIpc) is 2.10. The molecule has 4 nitrogen and oxygen atoms in total. The highest BCUT2D eigenvalue weighted by molar-refractivity contribution is 7.57. The van der Waals surface area contributed by atoms with Crippen LogP contribution in [0.25, 0.3) is 0 Å². The molecule has 6 heteroatoms. The van der Waals surface area contributed by atoms with Crippen LogP contribution >= 0.6 is 19.0 Å². The highest BCUT2D eigenvalue weighted by atomic mass is 35.5. The summed E-state index contributed by atoms with van der Waals surface area (Å²) in [6, 6.07) is 0. The maximum absolute atomic E-state index is 11.1. The first-order chi connectivity index (χ1) is 4.97. The highest BCUT2D eigenvalue weighted by Gasteiger charge is 2.24. The van der Waals surface area contributed by atoms with Crippen LogP contribution in [0.4, 0.5) is 0 Å². The van der Waals surface area contributed by atoms with Gasteiger partial charge in [-0.25, -0.2) is 0 Å². The second-order valence-corrected chi connectivity index (χ2v) is 5.72. The molecule has 0 aromatic carbocycles. The Hall–Kier alpha value is -0.0500. The molecule has 0 N–H and O–H groups in total. The molecule has 11 heavy (non-hydrogen) atoms. The van der Waals surface area contributed by atoms with Crippen LogP contribution in [0.5, 0.6) is 0 Å². The van der Waals surface area contributed by atoms with Crippen LogP contribution in [0.3, 0.4) is 0 Å². The molecular formula is C5H9ClNO3P. The van der Waals surface area contributed by atoms with Crippen molar-refractivity contribution in [2.24, 2.45) is 5.16 Å². The van der Waals surface area contributed by atoms with E-state index >= 15 is 0 Å². The molecule has 0 saturated carbocycles. The third-order valence-electron chi connectivity index (χ3n) is 0.976. The Morgan fingerprint density at radius 3 is 2.82 bits per heavy atom. The molecule has 0 bridgehead atoms. The molecule has 0 radical (unpaired) electrons. The molecule has 64 valence electrons. The van der Waals surface area contributed by atoms with Crippen LogP contribution in [0.1, 0.15) is 6.42 Å². The smallest absolute Gasteiger partial charge is 0.239 e. The van der Waals surface area contributed by atoms with Gasteiger partial charge in [0.25, 0.3) is 0 Å².